The van der Waals surface area contributed by atoms with Gasteiger partial charge in [0.05, 0.1) is 12.6 Å². The Balaban J connectivity index is 1.90. The van der Waals surface area contributed by atoms with Gasteiger partial charge in [-0.05, 0) is 49.4 Å². The van der Waals surface area contributed by atoms with Crippen LogP contribution in [0, 0.1) is 6.92 Å². The van der Waals surface area contributed by atoms with E-state index in [0.29, 0.717) is 0 Å². The molecule has 0 spiro atoms. The lowest BCUT2D eigenvalue weighted by Gasteiger charge is -2.08. The first kappa shape index (κ1) is 12.5. The highest BCUT2D eigenvalue weighted by atomic mass is 16.5. The average molecular weight is 264 g/mol. The van der Waals surface area contributed by atoms with Crippen molar-refractivity contribution < 1.29 is 4.74 Å². The number of fused-ring (bicyclic) bond motifs is 1. The number of hydrogen-bond acceptors (Lipinski definition) is 3. The molecule has 1 N–H and O–H groups in total. The topological polar surface area (TPSA) is 34.1 Å². The van der Waals surface area contributed by atoms with Gasteiger partial charge in [-0.3, -0.25) is 0 Å². The van der Waals surface area contributed by atoms with E-state index in [0.717, 1.165) is 28.2 Å². The monoisotopic (exact) mass is 264 g/mol. The first-order valence-electron chi connectivity index (χ1n) is 6.53. The molecule has 0 bridgehead atoms. The van der Waals surface area contributed by atoms with Crippen molar-refractivity contribution in [1.82, 2.24) is 4.98 Å². The second-order valence-corrected chi connectivity index (χ2v) is 4.75. The van der Waals surface area contributed by atoms with Crippen molar-refractivity contribution in [2.24, 2.45) is 0 Å². The quantitative estimate of drug-likeness (QED) is 0.766. The van der Waals surface area contributed by atoms with Gasteiger partial charge in [-0.1, -0.05) is 17.7 Å². The van der Waals surface area contributed by atoms with Crippen LogP contribution in [0.4, 0.5) is 11.5 Å². The minimum atomic E-state index is 0.839. The lowest BCUT2D eigenvalue weighted by molar-refractivity contribution is 0.415. The Hall–Kier alpha value is -2.55. The Bertz CT molecular complexity index is 736. The maximum Gasteiger partial charge on any atom is 0.131 e. The van der Waals surface area contributed by atoms with Gasteiger partial charge in [0, 0.05) is 11.1 Å². The molecule has 0 fully saturated rings. The van der Waals surface area contributed by atoms with Gasteiger partial charge in [0.2, 0.25) is 0 Å². The standard InChI is InChI=1S/C17H16N2O/c1-12-3-6-14(7-4-12)18-17-10-5-13-11-15(20-2)8-9-16(13)19-17/h3-11H,1-2H3,(H,18,19). The van der Waals surface area contributed by atoms with Crippen LogP contribution >= 0.6 is 0 Å². The van der Waals surface area contributed by atoms with E-state index < -0.39 is 0 Å². The fourth-order valence-electron chi connectivity index (χ4n) is 2.09. The third-order valence-corrected chi connectivity index (χ3v) is 3.22. The van der Waals surface area contributed by atoms with E-state index in [2.05, 4.69) is 41.5 Å². The number of anilines is 2. The molecule has 0 radical (unpaired) electrons. The van der Waals surface area contributed by atoms with Crippen molar-refractivity contribution in [2.45, 2.75) is 6.92 Å². The molecule has 0 aliphatic heterocycles. The van der Waals surface area contributed by atoms with Crippen molar-refractivity contribution >= 4 is 22.4 Å². The summed E-state index contributed by atoms with van der Waals surface area (Å²) >= 11 is 0. The number of nitrogens with one attached hydrogen (secondary N) is 1. The summed E-state index contributed by atoms with van der Waals surface area (Å²) in [4.78, 5) is 4.60. The number of aryl methyl sites for hydroxylation is 1. The second kappa shape index (κ2) is 5.21. The predicted molar refractivity (Wildman–Crippen MR) is 82.8 cm³/mol. The molecule has 20 heavy (non-hydrogen) atoms. The Morgan fingerprint density at radius 3 is 2.50 bits per heavy atom. The zero-order chi connectivity index (χ0) is 13.9. The second-order valence-electron chi connectivity index (χ2n) is 4.75. The normalized spacial score (nSPS) is 10.5. The minimum Gasteiger partial charge on any atom is -0.497 e. The molecule has 0 saturated heterocycles. The lowest BCUT2D eigenvalue weighted by Crippen LogP contribution is -1.94. The maximum atomic E-state index is 5.22. The van der Waals surface area contributed by atoms with E-state index in [-0.39, 0.29) is 0 Å². The molecule has 3 aromatic rings. The van der Waals surface area contributed by atoms with Crippen LogP contribution in [0.5, 0.6) is 5.75 Å². The molecule has 3 heteroatoms. The molecule has 2 aromatic carbocycles. The Morgan fingerprint density at radius 1 is 0.950 bits per heavy atom. The Kier molecular flexibility index (Phi) is 3.25. The molecule has 0 unspecified atom stereocenters. The van der Waals surface area contributed by atoms with E-state index in [1.165, 1.54) is 5.56 Å². The minimum absolute atomic E-state index is 0.839. The van der Waals surface area contributed by atoms with E-state index in [1.807, 2.05) is 30.3 Å². The molecule has 0 aliphatic carbocycles. The molecule has 0 atom stereocenters. The van der Waals surface area contributed by atoms with Crippen LogP contribution in [0.1, 0.15) is 5.56 Å². The number of nitrogens with zero attached hydrogens (tertiary/aromatic N) is 1. The Labute approximate surface area is 118 Å². The van der Waals surface area contributed by atoms with Gasteiger partial charge >= 0.3 is 0 Å². The third-order valence-electron chi connectivity index (χ3n) is 3.22. The first-order chi connectivity index (χ1) is 9.74. The van der Waals surface area contributed by atoms with Crippen molar-refractivity contribution in [2.75, 3.05) is 12.4 Å². The van der Waals surface area contributed by atoms with Crippen LogP contribution < -0.4 is 10.1 Å². The molecule has 100 valence electrons. The highest BCUT2D eigenvalue weighted by Crippen LogP contribution is 2.22. The highest BCUT2D eigenvalue weighted by Gasteiger charge is 2.01. The summed E-state index contributed by atoms with van der Waals surface area (Å²) in [6.45, 7) is 2.07. The molecule has 3 rings (SSSR count). The Morgan fingerprint density at radius 2 is 1.75 bits per heavy atom. The van der Waals surface area contributed by atoms with Crippen molar-refractivity contribution in [3.8, 4) is 5.75 Å². The number of ether oxygens (including phenoxy) is 1. The van der Waals surface area contributed by atoms with Gasteiger partial charge < -0.3 is 10.1 Å². The summed E-state index contributed by atoms with van der Waals surface area (Å²) in [5.74, 6) is 1.69. The fraction of sp³-hybridized carbons (Fsp3) is 0.118. The molecule has 3 nitrogen and oxygen atoms in total. The van der Waals surface area contributed by atoms with Gasteiger partial charge in [-0.2, -0.15) is 0 Å². The van der Waals surface area contributed by atoms with E-state index in [4.69, 9.17) is 4.74 Å². The van der Waals surface area contributed by atoms with Gasteiger partial charge in [0.25, 0.3) is 0 Å². The molecule has 0 saturated carbocycles. The number of methoxy groups -OCH3 is 1. The van der Waals surface area contributed by atoms with Crippen LogP contribution in [0.3, 0.4) is 0 Å². The number of hydrogen-bond donors (Lipinski definition) is 1. The number of rotatable bonds is 3. The van der Waals surface area contributed by atoms with Crippen LogP contribution in [-0.2, 0) is 0 Å². The summed E-state index contributed by atoms with van der Waals surface area (Å²) in [5.41, 5.74) is 3.23. The molecule has 1 heterocycles. The van der Waals surface area contributed by atoms with E-state index in [1.54, 1.807) is 7.11 Å². The zero-order valence-corrected chi connectivity index (χ0v) is 11.6. The van der Waals surface area contributed by atoms with Crippen molar-refractivity contribution in [1.29, 1.82) is 0 Å². The molecule has 0 amide bonds. The van der Waals surface area contributed by atoms with Crippen molar-refractivity contribution in [3.05, 3.63) is 60.2 Å². The van der Waals surface area contributed by atoms with Gasteiger partial charge in [-0.25, -0.2) is 4.98 Å². The van der Waals surface area contributed by atoms with Crippen LogP contribution in [0.25, 0.3) is 10.9 Å². The molecule has 1 aromatic heterocycles. The van der Waals surface area contributed by atoms with Gasteiger partial charge in [-0.15, -0.1) is 0 Å². The maximum absolute atomic E-state index is 5.22. The molecular weight excluding hydrogens is 248 g/mol. The van der Waals surface area contributed by atoms with Crippen LogP contribution in [0.15, 0.2) is 54.6 Å². The zero-order valence-electron chi connectivity index (χ0n) is 11.6. The van der Waals surface area contributed by atoms with Gasteiger partial charge in [0.15, 0.2) is 0 Å². The van der Waals surface area contributed by atoms with E-state index >= 15 is 0 Å². The van der Waals surface area contributed by atoms with E-state index in [9.17, 15) is 0 Å². The fourth-order valence-corrected chi connectivity index (χ4v) is 2.09. The van der Waals surface area contributed by atoms with Crippen molar-refractivity contribution in [3.63, 3.8) is 0 Å². The number of benzene rings is 2. The highest BCUT2D eigenvalue weighted by molar-refractivity contribution is 5.82. The molecular formula is C17H16N2O. The van der Waals surface area contributed by atoms with Crippen LogP contribution in [-0.4, -0.2) is 12.1 Å². The smallest absolute Gasteiger partial charge is 0.131 e. The van der Waals surface area contributed by atoms with Crippen LogP contribution in [0.2, 0.25) is 0 Å². The van der Waals surface area contributed by atoms with Gasteiger partial charge in [0.1, 0.15) is 11.6 Å². The number of aromatic nitrogens is 1. The largest absolute Gasteiger partial charge is 0.497 e. The predicted octanol–water partition coefficient (Wildman–Crippen LogP) is 4.30. The SMILES string of the molecule is COc1ccc2nc(Nc3ccc(C)cc3)ccc2c1. The third kappa shape index (κ3) is 2.57. The summed E-state index contributed by atoms with van der Waals surface area (Å²) in [6, 6.07) is 18.1. The summed E-state index contributed by atoms with van der Waals surface area (Å²) in [5, 5.41) is 4.38. The average Bonchev–Trinajstić information content (AvgIpc) is 2.49. The molecule has 0 aliphatic rings. The first-order valence-corrected chi connectivity index (χ1v) is 6.53. The summed E-state index contributed by atoms with van der Waals surface area (Å²) < 4.78 is 5.22. The summed E-state index contributed by atoms with van der Waals surface area (Å²) in [7, 11) is 1.67. The lowest BCUT2D eigenvalue weighted by atomic mass is 10.2. The summed E-state index contributed by atoms with van der Waals surface area (Å²) in [6.07, 6.45) is 0. The number of pyridine rings is 1.